The molecule has 1 atom stereocenters. The monoisotopic (exact) mass is 563 g/mol. The Morgan fingerprint density at radius 3 is 2.56 bits per heavy atom. The Kier molecular flexibility index (Phi) is 14.1. The van der Waals surface area contributed by atoms with Gasteiger partial charge in [0.05, 0.1) is 26.9 Å². The number of amides is 1. The van der Waals surface area contributed by atoms with Gasteiger partial charge < -0.3 is 29.7 Å². The van der Waals surface area contributed by atoms with Crippen molar-refractivity contribution in [1.29, 1.82) is 0 Å². The molecule has 1 aromatic carbocycles. The maximum atomic E-state index is 11.9. The number of para-hydroxylation sites is 2. The molecule has 1 saturated heterocycles. The molecular weight excluding hydrogens is 525 g/mol. The van der Waals surface area contributed by atoms with Crippen molar-refractivity contribution in [3.05, 3.63) is 24.3 Å². The highest BCUT2D eigenvalue weighted by Gasteiger charge is 2.12. The zero-order valence-electron chi connectivity index (χ0n) is 19.6. The summed E-state index contributed by atoms with van der Waals surface area (Å²) in [7, 11) is 5.08. The Morgan fingerprint density at radius 2 is 1.91 bits per heavy atom. The van der Waals surface area contributed by atoms with Gasteiger partial charge >= 0.3 is 0 Å². The second-order valence-electron chi connectivity index (χ2n) is 7.65. The fourth-order valence-electron chi connectivity index (χ4n) is 3.01. The van der Waals surface area contributed by atoms with Crippen molar-refractivity contribution in [3.8, 4) is 11.5 Å². The minimum absolute atomic E-state index is 0. The molecule has 182 valence electrons. The summed E-state index contributed by atoms with van der Waals surface area (Å²) in [6.07, 6.45) is 0.858. The summed E-state index contributed by atoms with van der Waals surface area (Å²) < 4.78 is 16.7. The lowest BCUT2D eigenvalue weighted by Gasteiger charge is -2.26. The molecule has 0 spiro atoms. The van der Waals surface area contributed by atoms with Gasteiger partial charge in [-0.2, -0.15) is 0 Å². The molecule has 32 heavy (non-hydrogen) atoms. The van der Waals surface area contributed by atoms with Crippen molar-refractivity contribution in [2.75, 3.05) is 73.7 Å². The van der Waals surface area contributed by atoms with Gasteiger partial charge in [0.1, 0.15) is 12.6 Å². The highest BCUT2D eigenvalue weighted by molar-refractivity contribution is 14.0. The number of carbonyl (C=O) groups is 1. The van der Waals surface area contributed by atoms with E-state index in [0.29, 0.717) is 24.0 Å². The normalized spacial score (nSPS) is 15.3. The van der Waals surface area contributed by atoms with E-state index in [1.54, 1.807) is 21.2 Å². The van der Waals surface area contributed by atoms with E-state index < -0.39 is 0 Å². The number of halogens is 1. The van der Waals surface area contributed by atoms with E-state index in [0.717, 1.165) is 45.8 Å². The van der Waals surface area contributed by atoms with Crippen LogP contribution in [0.15, 0.2) is 29.3 Å². The molecule has 0 saturated carbocycles. The Bertz CT molecular complexity index is 699. The molecule has 1 unspecified atom stereocenters. The highest BCUT2D eigenvalue weighted by atomic mass is 127. The van der Waals surface area contributed by atoms with Crippen molar-refractivity contribution in [2.24, 2.45) is 4.99 Å². The number of aliphatic imine (C=N–C) groups is 1. The summed E-state index contributed by atoms with van der Waals surface area (Å²) >= 11 is 0. The Hall–Kier alpha value is -1.79. The molecule has 2 N–H and O–H groups in total. The van der Waals surface area contributed by atoms with E-state index >= 15 is 0 Å². The number of morpholine rings is 1. The number of methoxy groups -OCH3 is 1. The van der Waals surface area contributed by atoms with Crippen LogP contribution in [0.4, 0.5) is 0 Å². The number of benzene rings is 1. The average Bonchev–Trinajstić information content (AvgIpc) is 2.78. The van der Waals surface area contributed by atoms with E-state index in [4.69, 9.17) is 14.2 Å². The minimum atomic E-state index is -0.124. The van der Waals surface area contributed by atoms with Gasteiger partial charge in [-0.1, -0.05) is 12.1 Å². The number of carbonyl (C=O) groups excluding carboxylic acids is 1. The molecule has 10 heteroatoms. The van der Waals surface area contributed by atoms with Crippen LogP contribution >= 0.6 is 24.0 Å². The third kappa shape index (κ3) is 10.7. The van der Waals surface area contributed by atoms with E-state index in [2.05, 4.69) is 20.5 Å². The smallest absolute Gasteiger partial charge is 0.243 e. The van der Waals surface area contributed by atoms with Crippen LogP contribution in [0.3, 0.4) is 0 Å². The van der Waals surface area contributed by atoms with Crippen molar-refractivity contribution in [1.82, 2.24) is 20.4 Å². The number of nitrogens with one attached hydrogen (secondary N) is 2. The number of hydrogen-bond acceptors (Lipinski definition) is 6. The molecule has 1 aliphatic rings. The van der Waals surface area contributed by atoms with Crippen LogP contribution < -0.4 is 20.1 Å². The second kappa shape index (κ2) is 15.9. The van der Waals surface area contributed by atoms with E-state index in [1.165, 1.54) is 4.90 Å². The average molecular weight is 563 g/mol. The van der Waals surface area contributed by atoms with Crippen LogP contribution in [0.5, 0.6) is 11.5 Å². The van der Waals surface area contributed by atoms with Crippen LogP contribution in [0, 0.1) is 0 Å². The molecule has 1 aliphatic heterocycles. The lowest BCUT2D eigenvalue weighted by molar-refractivity contribution is -0.127. The summed E-state index contributed by atoms with van der Waals surface area (Å²) in [6.45, 7) is 7.94. The number of nitrogens with zero attached hydrogens (tertiary/aromatic N) is 3. The van der Waals surface area contributed by atoms with Crippen molar-refractivity contribution < 1.29 is 19.0 Å². The molecule has 1 heterocycles. The molecule has 1 aromatic rings. The molecule has 0 aromatic heterocycles. The summed E-state index contributed by atoms with van der Waals surface area (Å²) in [5.74, 6) is 1.94. The molecule has 0 bridgehead atoms. The van der Waals surface area contributed by atoms with Gasteiger partial charge in [0.25, 0.3) is 0 Å². The van der Waals surface area contributed by atoms with Crippen LogP contribution in [-0.2, 0) is 9.53 Å². The van der Waals surface area contributed by atoms with Gasteiger partial charge in [-0.3, -0.25) is 9.69 Å². The Labute approximate surface area is 208 Å². The van der Waals surface area contributed by atoms with Gasteiger partial charge in [0.2, 0.25) is 5.91 Å². The Morgan fingerprint density at radius 1 is 1.22 bits per heavy atom. The summed E-state index contributed by atoms with van der Waals surface area (Å²) in [5, 5.41) is 6.60. The predicted octanol–water partition coefficient (Wildman–Crippen LogP) is 1.43. The van der Waals surface area contributed by atoms with Crippen molar-refractivity contribution >= 4 is 35.8 Å². The summed E-state index contributed by atoms with van der Waals surface area (Å²) in [5.41, 5.74) is 0. The largest absolute Gasteiger partial charge is 0.493 e. The fourth-order valence-corrected chi connectivity index (χ4v) is 3.01. The number of ether oxygens (including phenoxy) is 3. The maximum absolute atomic E-state index is 11.9. The van der Waals surface area contributed by atoms with Gasteiger partial charge in [-0.15, -0.1) is 24.0 Å². The van der Waals surface area contributed by atoms with E-state index in [1.807, 2.05) is 31.2 Å². The Balaban J connectivity index is 0.00000512. The number of hydrogen-bond donors (Lipinski definition) is 2. The predicted molar refractivity (Wildman–Crippen MR) is 137 cm³/mol. The van der Waals surface area contributed by atoms with E-state index in [9.17, 15) is 4.79 Å². The molecule has 0 radical (unpaired) electrons. The zero-order chi connectivity index (χ0) is 22.5. The first-order valence-electron chi connectivity index (χ1n) is 10.8. The number of likely N-dealkylation sites (N-methyl/N-ethyl adjacent to an activating group) is 1. The SMILES string of the molecule is COc1ccccc1OC(C)CNC(=NCC(=O)N(C)C)NCCCN1CCOCC1.I. The summed E-state index contributed by atoms with van der Waals surface area (Å²) in [6, 6.07) is 7.56. The van der Waals surface area contributed by atoms with Gasteiger partial charge in [-0.05, 0) is 32.0 Å². The third-order valence-electron chi connectivity index (χ3n) is 4.87. The lowest BCUT2D eigenvalue weighted by Crippen LogP contribution is -2.44. The van der Waals surface area contributed by atoms with Crippen LogP contribution in [0.25, 0.3) is 0 Å². The maximum Gasteiger partial charge on any atom is 0.243 e. The first kappa shape index (κ1) is 28.2. The first-order chi connectivity index (χ1) is 15.0. The summed E-state index contributed by atoms with van der Waals surface area (Å²) in [4.78, 5) is 20.3. The van der Waals surface area contributed by atoms with Gasteiger partial charge in [-0.25, -0.2) is 4.99 Å². The van der Waals surface area contributed by atoms with Crippen LogP contribution in [0.1, 0.15) is 13.3 Å². The van der Waals surface area contributed by atoms with Gasteiger partial charge in [0, 0.05) is 33.7 Å². The van der Waals surface area contributed by atoms with E-state index in [-0.39, 0.29) is 42.5 Å². The molecule has 1 fully saturated rings. The molecule has 2 rings (SSSR count). The van der Waals surface area contributed by atoms with Crippen molar-refractivity contribution in [2.45, 2.75) is 19.4 Å². The highest BCUT2D eigenvalue weighted by Crippen LogP contribution is 2.26. The third-order valence-corrected chi connectivity index (χ3v) is 4.87. The second-order valence-corrected chi connectivity index (χ2v) is 7.65. The quantitative estimate of drug-likeness (QED) is 0.182. The minimum Gasteiger partial charge on any atom is -0.493 e. The molecule has 1 amide bonds. The molecule has 0 aliphatic carbocycles. The van der Waals surface area contributed by atoms with Crippen molar-refractivity contribution in [3.63, 3.8) is 0 Å². The van der Waals surface area contributed by atoms with Gasteiger partial charge in [0.15, 0.2) is 17.5 Å². The van der Waals surface area contributed by atoms with Crippen LogP contribution in [0.2, 0.25) is 0 Å². The zero-order valence-corrected chi connectivity index (χ0v) is 22.0. The lowest BCUT2D eigenvalue weighted by atomic mass is 10.3. The standard InChI is InChI=1S/C22H37N5O4.HI/c1-18(31-20-9-6-5-8-19(20)29-4)16-24-22(25-17-21(28)26(2)3)23-10-7-11-27-12-14-30-15-13-27;/h5-6,8-9,18H,7,10-17H2,1-4H3,(H2,23,24,25);1H. The first-order valence-corrected chi connectivity index (χ1v) is 10.8. The molecular formula is C22H38IN5O4. The number of rotatable bonds is 11. The topological polar surface area (TPSA) is 87.7 Å². The fraction of sp³-hybridized carbons (Fsp3) is 0.636. The van der Waals surface area contributed by atoms with Crippen LogP contribution in [-0.4, -0.2) is 101 Å². The molecule has 9 nitrogen and oxygen atoms in total. The number of guanidine groups is 1.